The molecule has 0 aliphatic heterocycles. The second-order valence-corrected chi connectivity index (χ2v) is 2.93. The van der Waals surface area contributed by atoms with Crippen LogP contribution in [0.3, 0.4) is 0 Å². The Balaban J connectivity index is 3.03. The van der Waals surface area contributed by atoms with E-state index in [1.807, 2.05) is 0 Å². The summed E-state index contributed by atoms with van der Waals surface area (Å²) in [7, 11) is 0. The first-order valence-corrected chi connectivity index (χ1v) is 3.78. The van der Waals surface area contributed by atoms with Crippen LogP contribution in [-0.4, -0.2) is 10.1 Å². The molecule has 1 N–H and O–H groups in total. The van der Waals surface area contributed by atoms with Gasteiger partial charge >= 0.3 is 0 Å². The van der Waals surface area contributed by atoms with Crippen LogP contribution in [0.2, 0.25) is 0 Å². The lowest BCUT2D eigenvalue weighted by molar-refractivity contribution is 0.198. The Morgan fingerprint density at radius 1 is 1.70 bits per heavy atom. The van der Waals surface area contributed by atoms with Crippen LogP contribution in [0.1, 0.15) is 18.6 Å². The third kappa shape index (κ3) is 1.55. The highest BCUT2D eigenvalue weighted by Crippen LogP contribution is 2.20. The summed E-state index contributed by atoms with van der Waals surface area (Å²) in [6.45, 7) is 1.72. The maximum absolute atomic E-state index is 9.15. The van der Waals surface area contributed by atoms with Crippen molar-refractivity contribution in [2.75, 3.05) is 0 Å². The molecule has 0 aliphatic rings. The number of pyridine rings is 1. The molecule has 54 valence electrons. The van der Waals surface area contributed by atoms with E-state index >= 15 is 0 Å². The van der Waals surface area contributed by atoms with E-state index in [1.165, 1.54) is 0 Å². The number of hydrogen-bond donors (Lipinski definition) is 1. The first-order chi connectivity index (χ1) is 4.72. The summed E-state index contributed by atoms with van der Waals surface area (Å²) in [4.78, 5) is 3.87. The van der Waals surface area contributed by atoms with Crippen molar-refractivity contribution in [3.05, 3.63) is 28.5 Å². The minimum absolute atomic E-state index is 0.433. The number of aliphatic hydroxyl groups excluding tert-OH is 1. The van der Waals surface area contributed by atoms with Gasteiger partial charge in [0.1, 0.15) is 0 Å². The zero-order valence-corrected chi connectivity index (χ0v) is 7.17. The number of hydrogen-bond acceptors (Lipinski definition) is 2. The molecule has 1 aromatic rings. The largest absolute Gasteiger partial charge is 0.389 e. The van der Waals surface area contributed by atoms with Gasteiger partial charge in [0.15, 0.2) is 0 Å². The highest BCUT2D eigenvalue weighted by atomic mass is 79.9. The van der Waals surface area contributed by atoms with Crippen molar-refractivity contribution >= 4 is 15.9 Å². The van der Waals surface area contributed by atoms with Crippen molar-refractivity contribution in [2.45, 2.75) is 13.0 Å². The Kier molecular flexibility index (Phi) is 2.40. The Morgan fingerprint density at radius 2 is 2.40 bits per heavy atom. The summed E-state index contributed by atoms with van der Waals surface area (Å²) in [5, 5.41) is 9.15. The predicted molar refractivity (Wildman–Crippen MR) is 42.6 cm³/mol. The molecule has 2 nitrogen and oxygen atoms in total. The lowest BCUT2D eigenvalue weighted by Crippen LogP contribution is -1.91. The molecule has 0 aliphatic carbocycles. The summed E-state index contributed by atoms with van der Waals surface area (Å²) >= 11 is 3.27. The second-order valence-electron chi connectivity index (χ2n) is 2.07. The number of nitrogens with zero attached hydrogens (tertiary/aromatic N) is 1. The highest BCUT2D eigenvalue weighted by Gasteiger charge is 2.03. The van der Waals surface area contributed by atoms with Crippen molar-refractivity contribution in [3.8, 4) is 0 Å². The topological polar surface area (TPSA) is 33.1 Å². The molecule has 0 radical (unpaired) electrons. The summed E-state index contributed by atoms with van der Waals surface area (Å²) < 4.78 is 0.852. The molecule has 0 spiro atoms. The molecular weight excluding hydrogens is 194 g/mol. The van der Waals surface area contributed by atoms with Crippen LogP contribution in [-0.2, 0) is 0 Å². The Labute approximate surface area is 68.0 Å². The van der Waals surface area contributed by atoms with Gasteiger partial charge in [0, 0.05) is 16.9 Å². The van der Waals surface area contributed by atoms with Gasteiger partial charge in [0.05, 0.1) is 6.10 Å². The third-order valence-corrected chi connectivity index (χ3v) is 1.92. The van der Waals surface area contributed by atoms with Gasteiger partial charge in [-0.25, -0.2) is 0 Å². The molecule has 3 heteroatoms. The van der Waals surface area contributed by atoms with Crippen LogP contribution < -0.4 is 0 Å². The van der Waals surface area contributed by atoms with Gasteiger partial charge in [0.25, 0.3) is 0 Å². The molecule has 1 aromatic heterocycles. The molecule has 1 heterocycles. The summed E-state index contributed by atoms with van der Waals surface area (Å²) in [5.74, 6) is 0. The fourth-order valence-corrected chi connectivity index (χ4v) is 1.31. The van der Waals surface area contributed by atoms with E-state index in [1.54, 1.807) is 25.4 Å². The minimum Gasteiger partial charge on any atom is -0.389 e. The molecule has 0 aromatic carbocycles. The Bertz CT molecular complexity index is 225. The van der Waals surface area contributed by atoms with Crippen molar-refractivity contribution in [3.63, 3.8) is 0 Å². The molecule has 0 bridgehead atoms. The van der Waals surface area contributed by atoms with Gasteiger partial charge in [-0.05, 0) is 34.5 Å². The molecule has 0 fully saturated rings. The zero-order valence-electron chi connectivity index (χ0n) is 5.58. The van der Waals surface area contributed by atoms with E-state index < -0.39 is 6.10 Å². The first kappa shape index (κ1) is 7.69. The number of aromatic nitrogens is 1. The fraction of sp³-hybridized carbons (Fsp3) is 0.286. The normalized spacial score (nSPS) is 13.1. The van der Waals surface area contributed by atoms with Gasteiger partial charge in [-0.2, -0.15) is 0 Å². The van der Waals surface area contributed by atoms with E-state index in [4.69, 9.17) is 5.11 Å². The van der Waals surface area contributed by atoms with E-state index in [0.717, 1.165) is 10.0 Å². The van der Waals surface area contributed by atoms with E-state index in [0.29, 0.717) is 0 Å². The van der Waals surface area contributed by atoms with E-state index in [9.17, 15) is 0 Å². The fourth-order valence-electron chi connectivity index (χ4n) is 0.725. The quantitative estimate of drug-likeness (QED) is 0.754. The van der Waals surface area contributed by atoms with Crippen LogP contribution in [0.25, 0.3) is 0 Å². The number of aliphatic hydroxyl groups is 1. The smallest absolute Gasteiger partial charge is 0.0773 e. The molecule has 1 rings (SSSR count). The predicted octanol–water partition coefficient (Wildman–Crippen LogP) is 1.90. The van der Waals surface area contributed by atoms with Gasteiger partial charge in [-0.15, -0.1) is 0 Å². The molecule has 1 atom stereocenters. The maximum Gasteiger partial charge on any atom is 0.0773 e. The van der Waals surface area contributed by atoms with Crippen molar-refractivity contribution in [1.82, 2.24) is 4.98 Å². The molecule has 0 saturated carbocycles. The summed E-state index contributed by atoms with van der Waals surface area (Å²) in [6.07, 6.45) is 2.90. The molecule has 10 heavy (non-hydrogen) atoms. The molecule has 0 amide bonds. The number of halogens is 1. The average Bonchev–Trinajstić information content (AvgIpc) is 1.88. The molecule has 0 saturated heterocycles. The monoisotopic (exact) mass is 201 g/mol. The van der Waals surface area contributed by atoms with Gasteiger partial charge in [0.2, 0.25) is 0 Å². The minimum atomic E-state index is -0.433. The first-order valence-electron chi connectivity index (χ1n) is 2.99. The van der Waals surface area contributed by atoms with Crippen LogP contribution in [0.5, 0.6) is 0 Å². The van der Waals surface area contributed by atoms with Crippen LogP contribution >= 0.6 is 15.9 Å². The summed E-state index contributed by atoms with van der Waals surface area (Å²) in [6, 6.07) is 1.79. The summed E-state index contributed by atoms with van der Waals surface area (Å²) in [5.41, 5.74) is 0.870. The highest BCUT2D eigenvalue weighted by molar-refractivity contribution is 9.10. The van der Waals surface area contributed by atoms with E-state index in [2.05, 4.69) is 20.9 Å². The Morgan fingerprint density at radius 3 is 2.80 bits per heavy atom. The maximum atomic E-state index is 9.15. The van der Waals surface area contributed by atoms with E-state index in [-0.39, 0.29) is 0 Å². The van der Waals surface area contributed by atoms with Gasteiger partial charge in [-0.3, -0.25) is 4.98 Å². The number of rotatable bonds is 1. The standard InChI is InChI=1S/C7H8BrNO/c1-5(10)6-2-3-9-4-7(6)8/h2-5,10H,1H3/t5-/m0/s1. The van der Waals surface area contributed by atoms with Crippen molar-refractivity contribution in [2.24, 2.45) is 0 Å². The lowest BCUT2D eigenvalue weighted by atomic mass is 10.2. The van der Waals surface area contributed by atoms with Crippen molar-refractivity contribution < 1.29 is 5.11 Å². The molecular formula is C7H8BrNO. The lowest BCUT2D eigenvalue weighted by Gasteiger charge is -2.04. The average molecular weight is 202 g/mol. The zero-order chi connectivity index (χ0) is 7.56. The second kappa shape index (κ2) is 3.12. The third-order valence-electron chi connectivity index (χ3n) is 1.25. The molecule has 0 unspecified atom stereocenters. The van der Waals surface area contributed by atoms with Crippen LogP contribution in [0, 0.1) is 0 Å². The van der Waals surface area contributed by atoms with Crippen molar-refractivity contribution in [1.29, 1.82) is 0 Å². The van der Waals surface area contributed by atoms with Gasteiger partial charge < -0.3 is 5.11 Å². The van der Waals surface area contributed by atoms with Gasteiger partial charge in [-0.1, -0.05) is 0 Å². The van der Waals surface area contributed by atoms with Crippen LogP contribution in [0.15, 0.2) is 22.9 Å². The SMILES string of the molecule is C[C@H](O)c1ccncc1Br. The Hall–Kier alpha value is -0.410. The van der Waals surface area contributed by atoms with Crippen LogP contribution in [0.4, 0.5) is 0 Å².